The topological polar surface area (TPSA) is 82.5 Å². The van der Waals surface area contributed by atoms with Gasteiger partial charge in [-0.05, 0) is 61.9 Å². The monoisotopic (exact) mass is 393 g/mol. The molecule has 0 aliphatic heterocycles. The van der Waals surface area contributed by atoms with E-state index in [1.54, 1.807) is 49.2 Å². The van der Waals surface area contributed by atoms with Crippen LogP contribution in [0.4, 0.5) is 0 Å². The van der Waals surface area contributed by atoms with Crippen molar-refractivity contribution >= 4 is 11.9 Å². The van der Waals surface area contributed by atoms with E-state index in [-0.39, 0.29) is 5.91 Å². The highest BCUT2D eigenvalue weighted by Gasteiger charge is 2.19. The van der Waals surface area contributed by atoms with E-state index >= 15 is 0 Å². The van der Waals surface area contributed by atoms with Gasteiger partial charge in [0.1, 0.15) is 5.75 Å². The molecule has 29 heavy (non-hydrogen) atoms. The number of hydrogen-bond acceptors (Lipinski definition) is 5. The number of aryl methyl sites for hydroxylation is 1. The number of carbonyl (C=O) groups excluding carboxylic acids is 2. The average molecular weight is 393 g/mol. The summed E-state index contributed by atoms with van der Waals surface area (Å²) in [5.74, 6) is -0.171. The third kappa shape index (κ3) is 5.01. The zero-order chi connectivity index (χ0) is 20.8. The number of aromatic nitrogens is 2. The van der Waals surface area contributed by atoms with Crippen LogP contribution in [0.2, 0.25) is 0 Å². The second-order valence-corrected chi connectivity index (χ2v) is 6.54. The third-order valence-corrected chi connectivity index (χ3v) is 4.46. The molecule has 0 bridgehead atoms. The minimum Gasteiger partial charge on any atom is -0.497 e. The van der Waals surface area contributed by atoms with Gasteiger partial charge in [0.15, 0.2) is 6.10 Å². The van der Waals surface area contributed by atoms with Gasteiger partial charge in [-0.3, -0.25) is 4.79 Å². The summed E-state index contributed by atoms with van der Waals surface area (Å²) in [5.41, 5.74) is 3.12. The number of hydrogen-bond donors (Lipinski definition) is 1. The first-order valence-electron chi connectivity index (χ1n) is 9.20. The van der Waals surface area contributed by atoms with Crippen LogP contribution in [0.3, 0.4) is 0 Å². The first kappa shape index (κ1) is 20.1. The number of esters is 1. The van der Waals surface area contributed by atoms with Crippen LogP contribution in [0.15, 0.2) is 60.8 Å². The van der Waals surface area contributed by atoms with Crippen molar-refractivity contribution in [1.29, 1.82) is 0 Å². The van der Waals surface area contributed by atoms with Gasteiger partial charge in [-0.15, -0.1) is 0 Å². The Balaban J connectivity index is 1.53. The fraction of sp³-hybridized carbons (Fsp3) is 0.227. The summed E-state index contributed by atoms with van der Waals surface area (Å²) in [5, 5.41) is 6.99. The van der Waals surface area contributed by atoms with Crippen molar-refractivity contribution in [2.45, 2.75) is 26.5 Å². The number of nitrogens with zero attached hydrogens (tertiary/aromatic N) is 2. The molecular formula is C22H23N3O4. The fourth-order valence-corrected chi connectivity index (χ4v) is 2.74. The Morgan fingerprint density at radius 1 is 1.07 bits per heavy atom. The Hall–Kier alpha value is -3.61. The summed E-state index contributed by atoms with van der Waals surface area (Å²) < 4.78 is 12.2. The van der Waals surface area contributed by atoms with E-state index in [4.69, 9.17) is 9.47 Å². The smallest absolute Gasteiger partial charge is 0.338 e. The summed E-state index contributed by atoms with van der Waals surface area (Å²) >= 11 is 0. The lowest BCUT2D eigenvalue weighted by atomic mass is 10.2. The Morgan fingerprint density at radius 2 is 1.76 bits per heavy atom. The van der Waals surface area contributed by atoms with E-state index in [1.165, 1.54) is 0 Å². The van der Waals surface area contributed by atoms with E-state index < -0.39 is 12.1 Å². The van der Waals surface area contributed by atoms with Crippen LogP contribution in [0, 0.1) is 6.92 Å². The molecule has 150 valence electrons. The number of carbonyl (C=O) groups is 2. The fourth-order valence-electron chi connectivity index (χ4n) is 2.74. The molecule has 2 aromatic carbocycles. The van der Waals surface area contributed by atoms with Crippen molar-refractivity contribution < 1.29 is 19.1 Å². The maximum atomic E-state index is 12.3. The Bertz CT molecular complexity index is 978. The van der Waals surface area contributed by atoms with Crippen LogP contribution in [-0.2, 0) is 16.1 Å². The van der Waals surface area contributed by atoms with Crippen LogP contribution < -0.4 is 10.1 Å². The Kier molecular flexibility index (Phi) is 6.29. The van der Waals surface area contributed by atoms with Gasteiger partial charge in [0, 0.05) is 18.4 Å². The minimum atomic E-state index is -0.909. The molecular weight excluding hydrogens is 370 g/mol. The quantitative estimate of drug-likeness (QED) is 0.624. The van der Waals surface area contributed by atoms with Crippen molar-refractivity contribution in [2.75, 3.05) is 7.11 Å². The number of ether oxygens (including phenoxy) is 2. The predicted octanol–water partition coefficient (Wildman–Crippen LogP) is 3.05. The van der Waals surface area contributed by atoms with Gasteiger partial charge in [0.25, 0.3) is 5.91 Å². The van der Waals surface area contributed by atoms with Gasteiger partial charge in [-0.25, -0.2) is 9.48 Å². The zero-order valence-electron chi connectivity index (χ0n) is 16.6. The van der Waals surface area contributed by atoms with Crippen molar-refractivity contribution in [3.8, 4) is 11.4 Å². The largest absolute Gasteiger partial charge is 0.497 e. The van der Waals surface area contributed by atoms with E-state index in [0.717, 1.165) is 22.7 Å². The normalized spacial score (nSPS) is 11.6. The van der Waals surface area contributed by atoms with E-state index in [0.29, 0.717) is 12.1 Å². The van der Waals surface area contributed by atoms with Crippen molar-refractivity contribution in [3.63, 3.8) is 0 Å². The highest BCUT2D eigenvalue weighted by atomic mass is 16.5. The number of amides is 1. The molecule has 0 unspecified atom stereocenters. The Morgan fingerprint density at radius 3 is 2.34 bits per heavy atom. The summed E-state index contributed by atoms with van der Waals surface area (Å²) in [6.07, 6.45) is 0.804. The standard InChI is InChI=1S/C22H23N3O4/c1-15-12-13-24-25(15)19-8-6-18(7-9-19)22(27)29-16(2)21(26)23-14-17-4-10-20(28-3)11-5-17/h4-13,16H,14H2,1-3H3,(H,23,26)/t16-/m1/s1. The summed E-state index contributed by atoms with van der Waals surface area (Å²) in [7, 11) is 1.60. The first-order chi connectivity index (χ1) is 14.0. The summed E-state index contributed by atoms with van der Waals surface area (Å²) in [6, 6.07) is 16.1. The lowest BCUT2D eigenvalue weighted by Gasteiger charge is -2.14. The molecule has 0 radical (unpaired) electrons. The van der Waals surface area contributed by atoms with E-state index in [9.17, 15) is 9.59 Å². The van der Waals surface area contributed by atoms with Crippen molar-refractivity contribution in [1.82, 2.24) is 15.1 Å². The zero-order valence-corrected chi connectivity index (χ0v) is 16.6. The van der Waals surface area contributed by atoms with Crippen LogP contribution in [0.25, 0.3) is 5.69 Å². The van der Waals surface area contributed by atoms with Crippen LogP contribution >= 0.6 is 0 Å². The van der Waals surface area contributed by atoms with Gasteiger partial charge in [0.2, 0.25) is 0 Å². The van der Waals surface area contributed by atoms with Gasteiger partial charge in [-0.2, -0.15) is 5.10 Å². The molecule has 1 heterocycles. The maximum Gasteiger partial charge on any atom is 0.338 e. The number of nitrogens with one attached hydrogen (secondary N) is 1. The molecule has 0 saturated heterocycles. The molecule has 0 saturated carbocycles. The van der Waals surface area contributed by atoms with E-state index in [2.05, 4.69) is 10.4 Å². The number of methoxy groups -OCH3 is 1. The molecule has 7 nitrogen and oxygen atoms in total. The van der Waals surface area contributed by atoms with Crippen LogP contribution in [0.1, 0.15) is 28.5 Å². The second-order valence-electron chi connectivity index (χ2n) is 6.54. The number of rotatable bonds is 7. The van der Waals surface area contributed by atoms with Gasteiger partial charge >= 0.3 is 5.97 Å². The first-order valence-corrected chi connectivity index (χ1v) is 9.20. The Labute approximate surface area is 169 Å². The third-order valence-electron chi connectivity index (χ3n) is 4.46. The number of benzene rings is 2. The van der Waals surface area contributed by atoms with Gasteiger partial charge in [0.05, 0.1) is 18.4 Å². The lowest BCUT2D eigenvalue weighted by molar-refractivity contribution is -0.129. The van der Waals surface area contributed by atoms with Gasteiger partial charge < -0.3 is 14.8 Å². The van der Waals surface area contributed by atoms with Crippen LogP contribution in [-0.4, -0.2) is 34.9 Å². The molecule has 1 aromatic heterocycles. The average Bonchev–Trinajstić information content (AvgIpc) is 3.18. The SMILES string of the molecule is COc1ccc(CNC(=O)[C@@H](C)OC(=O)c2ccc(-n3nccc3C)cc2)cc1. The van der Waals surface area contributed by atoms with Crippen molar-refractivity contribution in [3.05, 3.63) is 77.6 Å². The molecule has 1 N–H and O–H groups in total. The molecule has 0 aliphatic carbocycles. The molecule has 1 amide bonds. The second kappa shape index (κ2) is 9.05. The van der Waals surface area contributed by atoms with Crippen molar-refractivity contribution in [2.24, 2.45) is 0 Å². The lowest BCUT2D eigenvalue weighted by Crippen LogP contribution is -2.35. The molecule has 3 aromatic rings. The molecule has 0 spiro atoms. The highest BCUT2D eigenvalue weighted by Crippen LogP contribution is 2.13. The molecule has 0 aliphatic rings. The molecule has 7 heteroatoms. The molecule has 1 atom stereocenters. The minimum absolute atomic E-state index is 0.336. The maximum absolute atomic E-state index is 12.3. The van der Waals surface area contributed by atoms with Crippen LogP contribution in [0.5, 0.6) is 5.75 Å². The van der Waals surface area contributed by atoms with E-state index in [1.807, 2.05) is 37.3 Å². The molecule has 0 fully saturated rings. The molecule has 3 rings (SSSR count). The predicted molar refractivity (Wildman–Crippen MR) is 108 cm³/mol. The van der Waals surface area contributed by atoms with Gasteiger partial charge in [-0.1, -0.05) is 12.1 Å². The highest BCUT2D eigenvalue weighted by molar-refractivity contribution is 5.92. The summed E-state index contributed by atoms with van der Waals surface area (Å²) in [6.45, 7) is 3.83. The summed E-state index contributed by atoms with van der Waals surface area (Å²) in [4.78, 5) is 24.6.